The summed E-state index contributed by atoms with van der Waals surface area (Å²) < 4.78 is 28.8. The monoisotopic (exact) mass is 447 g/mol. The van der Waals surface area contributed by atoms with Crippen LogP contribution in [0.5, 0.6) is 0 Å². The number of fused-ring (bicyclic) bond motifs is 3. The van der Waals surface area contributed by atoms with Gasteiger partial charge in [-0.1, -0.05) is 34.1 Å². The first kappa shape index (κ1) is 18.7. The fraction of sp³-hybridized carbons (Fsp3) is 0.350. The molecule has 2 aromatic rings. The number of pyridine rings is 1. The summed E-state index contributed by atoms with van der Waals surface area (Å²) >= 11 is 3.58. The lowest BCUT2D eigenvalue weighted by Gasteiger charge is -2.42. The van der Waals surface area contributed by atoms with E-state index in [1.165, 1.54) is 23.4 Å². The molecule has 1 aromatic heterocycles. The Morgan fingerprint density at radius 1 is 1.33 bits per heavy atom. The normalized spacial score (nSPS) is 24.2. The van der Waals surface area contributed by atoms with E-state index in [2.05, 4.69) is 49.7 Å². The van der Waals surface area contributed by atoms with Gasteiger partial charge in [0.1, 0.15) is 0 Å². The highest BCUT2D eigenvalue weighted by Gasteiger charge is 2.49. The van der Waals surface area contributed by atoms with E-state index in [9.17, 15) is 8.42 Å². The predicted molar refractivity (Wildman–Crippen MR) is 110 cm³/mol. The molecule has 0 amide bonds. The van der Waals surface area contributed by atoms with Crippen LogP contribution in [0.2, 0.25) is 0 Å². The van der Waals surface area contributed by atoms with Gasteiger partial charge in [0.25, 0.3) is 10.0 Å². The fourth-order valence-electron chi connectivity index (χ4n) is 4.46. The van der Waals surface area contributed by atoms with E-state index in [0.717, 1.165) is 29.4 Å². The molecule has 1 aliphatic carbocycles. The number of benzene rings is 1. The minimum absolute atomic E-state index is 0.0502. The van der Waals surface area contributed by atoms with E-state index in [4.69, 9.17) is 0 Å². The number of nitrogens with one attached hydrogen (secondary N) is 2. The molecule has 0 bridgehead atoms. The van der Waals surface area contributed by atoms with Crippen LogP contribution in [0.3, 0.4) is 0 Å². The Morgan fingerprint density at radius 3 is 2.96 bits per heavy atom. The number of rotatable bonds is 5. The van der Waals surface area contributed by atoms with Crippen molar-refractivity contribution in [2.24, 2.45) is 0 Å². The van der Waals surface area contributed by atoms with Crippen molar-refractivity contribution in [1.29, 1.82) is 0 Å². The Bertz CT molecular complexity index is 978. The SMILES string of the molecule is C=C1CCC[C@@H]2Nc3ccc(Br)cc3[C@]12CCNS(=O)(=O)c1ccccn1. The number of anilines is 1. The number of halogens is 1. The average Bonchev–Trinajstić information content (AvgIpc) is 2.97. The van der Waals surface area contributed by atoms with E-state index in [1.54, 1.807) is 12.1 Å². The average molecular weight is 448 g/mol. The topological polar surface area (TPSA) is 71.1 Å². The Hall–Kier alpha value is -1.70. The van der Waals surface area contributed by atoms with Gasteiger partial charge in [0.05, 0.1) is 0 Å². The maximum absolute atomic E-state index is 12.5. The van der Waals surface area contributed by atoms with Crippen molar-refractivity contribution < 1.29 is 8.42 Å². The van der Waals surface area contributed by atoms with Gasteiger partial charge in [0.15, 0.2) is 5.03 Å². The minimum atomic E-state index is -3.62. The summed E-state index contributed by atoms with van der Waals surface area (Å²) in [5.74, 6) is 0. The van der Waals surface area contributed by atoms with Crippen molar-refractivity contribution in [1.82, 2.24) is 9.71 Å². The first-order valence-electron chi connectivity index (χ1n) is 9.09. The van der Waals surface area contributed by atoms with Gasteiger partial charge >= 0.3 is 0 Å². The summed E-state index contributed by atoms with van der Waals surface area (Å²) in [7, 11) is -3.62. The zero-order valence-electron chi connectivity index (χ0n) is 14.9. The molecule has 0 saturated heterocycles. The Balaban J connectivity index is 1.61. The highest BCUT2D eigenvalue weighted by molar-refractivity contribution is 9.10. The van der Waals surface area contributed by atoms with Crippen molar-refractivity contribution in [2.45, 2.75) is 42.2 Å². The molecule has 5 nitrogen and oxygen atoms in total. The van der Waals surface area contributed by atoms with Crippen LogP contribution in [-0.4, -0.2) is 26.0 Å². The minimum Gasteiger partial charge on any atom is -0.381 e. The van der Waals surface area contributed by atoms with E-state index in [1.807, 2.05) is 6.07 Å². The molecule has 0 radical (unpaired) electrons. The second-order valence-corrected chi connectivity index (χ2v) is 9.80. The predicted octanol–water partition coefficient (Wildman–Crippen LogP) is 3.98. The van der Waals surface area contributed by atoms with Gasteiger partial charge in [0.2, 0.25) is 0 Å². The maximum atomic E-state index is 12.5. The van der Waals surface area contributed by atoms with Crippen LogP contribution in [-0.2, 0) is 15.4 Å². The molecule has 7 heteroatoms. The molecule has 142 valence electrons. The lowest BCUT2D eigenvalue weighted by atomic mass is 9.63. The molecular formula is C20H22BrN3O2S. The molecule has 4 rings (SSSR count). The van der Waals surface area contributed by atoms with Gasteiger partial charge in [0, 0.05) is 34.4 Å². The Labute approximate surface area is 168 Å². The van der Waals surface area contributed by atoms with E-state index in [0.29, 0.717) is 13.0 Å². The zero-order valence-corrected chi connectivity index (χ0v) is 17.3. The molecule has 1 aliphatic heterocycles. The number of hydrogen-bond acceptors (Lipinski definition) is 4. The van der Waals surface area contributed by atoms with Crippen molar-refractivity contribution in [2.75, 3.05) is 11.9 Å². The molecule has 2 heterocycles. The molecular weight excluding hydrogens is 426 g/mol. The van der Waals surface area contributed by atoms with Crippen LogP contribution in [0.1, 0.15) is 31.2 Å². The lowest BCUT2D eigenvalue weighted by Crippen LogP contribution is -2.45. The molecule has 1 fully saturated rings. The van der Waals surface area contributed by atoms with Gasteiger partial charge in [-0.15, -0.1) is 0 Å². The van der Waals surface area contributed by atoms with Gasteiger partial charge in [-0.2, -0.15) is 0 Å². The third kappa shape index (κ3) is 3.22. The summed E-state index contributed by atoms with van der Waals surface area (Å²) in [5, 5.41) is 3.69. The molecule has 0 spiro atoms. The first-order valence-corrected chi connectivity index (χ1v) is 11.4. The summed E-state index contributed by atoms with van der Waals surface area (Å²) in [6, 6.07) is 11.4. The molecule has 2 aliphatic rings. The Kier molecular flexibility index (Phi) is 4.86. The third-order valence-electron chi connectivity index (χ3n) is 5.71. The van der Waals surface area contributed by atoms with Crippen LogP contribution in [0.15, 0.2) is 64.2 Å². The Morgan fingerprint density at radius 2 is 2.19 bits per heavy atom. The van der Waals surface area contributed by atoms with E-state index >= 15 is 0 Å². The molecule has 2 N–H and O–H groups in total. The molecule has 0 unspecified atom stereocenters. The van der Waals surface area contributed by atoms with Crippen molar-refractivity contribution >= 4 is 31.6 Å². The van der Waals surface area contributed by atoms with Crippen LogP contribution < -0.4 is 10.0 Å². The first-order chi connectivity index (χ1) is 12.9. The lowest BCUT2D eigenvalue weighted by molar-refractivity contribution is 0.344. The molecule has 2 atom stereocenters. The highest BCUT2D eigenvalue weighted by Crippen LogP contribution is 2.53. The standard InChI is InChI=1S/C20H22BrN3O2S/c1-14-5-4-6-18-20(14,16-13-15(21)8-9-17(16)24-18)10-12-23-27(25,26)19-7-2-3-11-22-19/h2-3,7-9,11,13,18,23-24H,1,4-6,10,12H2/t18-,20-/m0/s1. The van der Waals surface area contributed by atoms with Crippen molar-refractivity contribution in [3.05, 3.63) is 64.8 Å². The van der Waals surface area contributed by atoms with Crippen LogP contribution in [0.4, 0.5) is 5.69 Å². The number of aromatic nitrogens is 1. The number of nitrogens with zero attached hydrogens (tertiary/aromatic N) is 1. The van der Waals surface area contributed by atoms with E-state index in [-0.39, 0.29) is 16.5 Å². The van der Waals surface area contributed by atoms with E-state index < -0.39 is 10.0 Å². The third-order valence-corrected chi connectivity index (χ3v) is 7.58. The summed E-state index contributed by atoms with van der Waals surface area (Å²) in [6.07, 6.45) is 5.28. The molecule has 1 saturated carbocycles. The molecule has 27 heavy (non-hydrogen) atoms. The summed E-state index contributed by atoms with van der Waals surface area (Å²) in [5.41, 5.74) is 3.27. The number of sulfonamides is 1. The highest BCUT2D eigenvalue weighted by atomic mass is 79.9. The zero-order chi connectivity index (χ0) is 19.1. The van der Waals surface area contributed by atoms with Crippen LogP contribution in [0, 0.1) is 0 Å². The second kappa shape index (κ2) is 7.04. The van der Waals surface area contributed by atoms with Gasteiger partial charge in [-0.3, -0.25) is 0 Å². The van der Waals surface area contributed by atoms with Crippen LogP contribution in [0.25, 0.3) is 0 Å². The second-order valence-electron chi connectivity index (χ2n) is 7.17. The maximum Gasteiger partial charge on any atom is 0.258 e. The van der Waals surface area contributed by atoms with Crippen LogP contribution >= 0.6 is 15.9 Å². The quantitative estimate of drug-likeness (QED) is 0.679. The smallest absolute Gasteiger partial charge is 0.258 e. The van der Waals surface area contributed by atoms with Gasteiger partial charge in [-0.25, -0.2) is 18.1 Å². The summed E-state index contributed by atoms with van der Waals surface area (Å²) in [6.45, 7) is 4.72. The molecule has 1 aromatic carbocycles. The van der Waals surface area contributed by atoms with Gasteiger partial charge < -0.3 is 5.32 Å². The van der Waals surface area contributed by atoms with Crippen molar-refractivity contribution in [3.8, 4) is 0 Å². The largest absolute Gasteiger partial charge is 0.381 e. The van der Waals surface area contributed by atoms with Gasteiger partial charge in [-0.05, 0) is 61.6 Å². The summed E-state index contributed by atoms with van der Waals surface area (Å²) in [4.78, 5) is 3.96. The van der Waals surface area contributed by atoms with Crippen molar-refractivity contribution in [3.63, 3.8) is 0 Å². The fourth-order valence-corrected chi connectivity index (χ4v) is 5.79. The number of hydrogen-bond donors (Lipinski definition) is 2.